The number of carbonyl (C=O) groups excluding carboxylic acids is 3. The van der Waals surface area contributed by atoms with E-state index in [1.807, 2.05) is 66.7 Å². The summed E-state index contributed by atoms with van der Waals surface area (Å²) in [4.78, 5) is 59.1. The van der Waals surface area contributed by atoms with Crippen LogP contribution in [0.1, 0.15) is 27.0 Å². The zero-order chi connectivity index (χ0) is 35.3. The maximum Gasteiger partial charge on any atom is 0.311 e. The molecular weight excluding hydrogens is 646 g/mol. The summed E-state index contributed by atoms with van der Waals surface area (Å²) in [6.07, 6.45) is 0.158. The second-order valence-corrected chi connectivity index (χ2v) is 12.9. The Morgan fingerprint density at radius 2 is 1.57 bits per heavy atom. The average Bonchev–Trinajstić information content (AvgIpc) is 3.14. The van der Waals surface area contributed by atoms with Crippen molar-refractivity contribution in [1.29, 1.82) is 0 Å². The molecule has 11 heteroatoms. The maximum absolute atomic E-state index is 14.2. The molecule has 0 radical (unpaired) electrons. The Bertz CT molecular complexity index is 2090. The molecule has 7 rings (SSSR count). The van der Waals surface area contributed by atoms with Gasteiger partial charge in [-0.05, 0) is 45.7 Å². The number of carbonyl (C=O) groups is 3. The summed E-state index contributed by atoms with van der Waals surface area (Å²) >= 11 is 0. The van der Waals surface area contributed by atoms with Crippen molar-refractivity contribution in [2.45, 2.75) is 25.6 Å². The summed E-state index contributed by atoms with van der Waals surface area (Å²) in [6, 6.07) is 33.7. The van der Waals surface area contributed by atoms with Crippen molar-refractivity contribution in [2.24, 2.45) is 0 Å². The van der Waals surface area contributed by atoms with E-state index in [0.29, 0.717) is 37.5 Å². The maximum atomic E-state index is 14.2. The third-order valence-corrected chi connectivity index (χ3v) is 9.40. The van der Waals surface area contributed by atoms with E-state index in [0.717, 1.165) is 22.9 Å². The minimum atomic E-state index is -0.918. The molecule has 1 fully saturated rings. The molecule has 0 saturated carbocycles. The van der Waals surface area contributed by atoms with Crippen LogP contribution in [-0.2, 0) is 29.1 Å². The quantitative estimate of drug-likeness (QED) is 0.183. The number of amides is 3. The van der Waals surface area contributed by atoms with Crippen molar-refractivity contribution in [3.8, 4) is 11.5 Å². The van der Waals surface area contributed by atoms with E-state index in [-0.39, 0.29) is 42.4 Å². The Morgan fingerprint density at radius 3 is 2.37 bits per heavy atom. The number of nitrogens with one attached hydrogen (secondary N) is 1. The van der Waals surface area contributed by atoms with E-state index < -0.39 is 22.8 Å². The van der Waals surface area contributed by atoms with Crippen molar-refractivity contribution in [2.75, 3.05) is 32.7 Å². The number of nitro benzene ring substituents is 1. The molecule has 5 aromatic rings. The van der Waals surface area contributed by atoms with Crippen molar-refractivity contribution >= 4 is 34.2 Å². The lowest BCUT2D eigenvalue weighted by Crippen LogP contribution is -2.56. The Kier molecular flexibility index (Phi) is 9.71. The summed E-state index contributed by atoms with van der Waals surface area (Å²) in [5, 5.41) is 16.9. The molecule has 1 unspecified atom stereocenters. The van der Waals surface area contributed by atoms with Crippen molar-refractivity contribution in [3.05, 3.63) is 148 Å². The van der Waals surface area contributed by atoms with Gasteiger partial charge in [0.05, 0.1) is 4.92 Å². The van der Waals surface area contributed by atoms with Crippen molar-refractivity contribution in [1.82, 2.24) is 20.0 Å². The number of rotatable bonds is 6. The molecule has 0 spiro atoms. The highest BCUT2D eigenvalue weighted by molar-refractivity contribution is 5.98. The van der Waals surface area contributed by atoms with E-state index in [4.69, 9.17) is 4.74 Å². The fourth-order valence-electron chi connectivity index (χ4n) is 6.80. The molecule has 0 aliphatic carbocycles. The minimum absolute atomic E-state index is 0.0851. The summed E-state index contributed by atoms with van der Waals surface area (Å²) in [5.74, 6) is -1.02. The first-order valence-corrected chi connectivity index (χ1v) is 17.0. The van der Waals surface area contributed by atoms with Crippen molar-refractivity contribution < 1.29 is 24.0 Å². The number of nitro groups is 1. The number of piperazine rings is 1. The number of hydrogen-bond acceptors (Lipinski definition) is 7. The van der Waals surface area contributed by atoms with Gasteiger partial charge in [0.1, 0.15) is 18.3 Å². The largest absolute Gasteiger partial charge is 0.450 e. The van der Waals surface area contributed by atoms with Crippen molar-refractivity contribution in [3.63, 3.8) is 0 Å². The van der Waals surface area contributed by atoms with Crippen LogP contribution in [0.15, 0.2) is 115 Å². The molecule has 2 aliphatic rings. The molecule has 4 bridgehead atoms. The highest BCUT2D eigenvalue weighted by Gasteiger charge is 2.31. The number of hydrogen-bond donors (Lipinski definition) is 1. The van der Waals surface area contributed by atoms with Crippen LogP contribution < -0.4 is 10.1 Å². The van der Waals surface area contributed by atoms with Gasteiger partial charge in [-0.3, -0.25) is 29.4 Å². The fourth-order valence-corrected chi connectivity index (χ4v) is 6.80. The second kappa shape index (κ2) is 14.8. The van der Waals surface area contributed by atoms with Gasteiger partial charge in [-0.25, -0.2) is 0 Å². The normalized spacial score (nSPS) is 17.0. The molecule has 51 heavy (non-hydrogen) atoms. The Hall–Kier alpha value is -6.07. The lowest BCUT2D eigenvalue weighted by Gasteiger charge is -2.36. The first-order chi connectivity index (χ1) is 24.8. The number of nitrogens with zero attached hydrogens (tertiary/aromatic N) is 4. The van der Waals surface area contributed by atoms with Crippen LogP contribution in [-0.4, -0.2) is 76.1 Å². The molecule has 1 N–H and O–H groups in total. The SMILES string of the molecule is O=C1CN(Cc2cccc3ccccc23)C(=O)c2ccc([N+](=O)[O-])c(c2)Oc2cccc(c2)CC(C(=O)N2CCN(Cc3ccccc3)CC2)N1. The highest BCUT2D eigenvalue weighted by atomic mass is 16.6. The van der Waals surface area contributed by atoms with Crippen LogP contribution in [0.25, 0.3) is 10.8 Å². The molecule has 3 amide bonds. The smallest absolute Gasteiger partial charge is 0.311 e. The Labute approximate surface area is 295 Å². The van der Waals surface area contributed by atoms with Gasteiger partial charge in [0.2, 0.25) is 17.6 Å². The molecule has 258 valence electrons. The van der Waals surface area contributed by atoms with Gasteiger partial charge >= 0.3 is 5.69 Å². The van der Waals surface area contributed by atoms with Gasteiger partial charge in [0.25, 0.3) is 5.91 Å². The standard InChI is InChI=1S/C40H37N5O6/c46-38-27-44(26-32-13-7-12-30-11-4-5-15-34(30)32)39(47)31-16-17-36(45(49)50)37(24-31)51-33-14-6-10-29(22-33)23-35(41-38)40(48)43-20-18-42(19-21-43)25-28-8-2-1-3-9-28/h1-17,22,24,35H,18-21,23,25-27H2,(H,41,46). The summed E-state index contributed by atoms with van der Waals surface area (Å²) in [7, 11) is 0. The van der Waals surface area contributed by atoms with Crippen LogP contribution in [0.5, 0.6) is 11.5 Å². The first-order valence-electron chi connectivity index (χ1n) is 17.0. The average molecular weight is 684 g/mol. The van der Waals surface area contributed by atoms with E-state index in [1.54, 1.807) is 23.1 Å². The third-order valence-electron chi connectivity index (χ3n) is 9.40. The zero-order valence-electron chi connectivity index (χ0n) is 27.9. The third kappa shape index (κ3) is 7.73. The summed E-state index contributed by atoms with van der Waals surface area (Å²) in [5.41, 5.74) is 2.55. The number of benzene rings is 5. The highest BCUT2D eigenvalue weighted by Crippen LogP contribution is 2.34. The van der Waals surface area contributed by atoms with Crippen LogP contribution in [0.3, 0.4) is 0 Å². The lowest BCUT2D eigenvalue weighted by molar-refractivity contribution is -0.385. The van der Waals surface area contributed by atoms with Crippen LogP contribution in [0.4, 0.5) is 5.69 Å². The molecule has 0 aromatic heterocycles. The van der Waals surface area contributed by atoms with Gasteiger partial charge in [0.15, 0.2) is 0 Å². The molecule has 1 saturated heterocycles. The van der Waals surface area contributed by atoms with Gasteiger partial charge < -0.3 is 19.9 Å². The topological polar surface area (TPSA) is 125 Å². The zero-order valence-corrected chi connectivity index (χ0v) is 27.9. The Balaban J connectivity index is 1.20. The molecule has 5 aromatic carbocycles. The van der Waals surface area contributed by atoms with Gasteiger partial charge in [0, 0.05) is 63.4 Å². The number of fused-ring (bicyclic) bond motifs is 5. The predicted molar refractivity (Wildman–Crippen MR) is 192 cm³/mol. The van der Waals surface area contributed by atoms with E-state index in [1.165, 1.54) is 28.7 Å². The van der Waals surface area contributed by atoms with E-state index in [9.17, 15) is 24.5 Å². The minimum Gasteiger partial charge on any atom is -0.450 e. The van der Waals surface area contributed by atoms with E-state index in [2.05, 4.69) is 22.3 Å². The monoisotopic (exact) mass is 683 g/mol. The molecule has 2 aliphatic heterocycles. The first kappa shape index (κ1) is 33.4. The van der Waals surface area contributed by atoms with Gasteiger partial charge in [-0.2, -0.15) is 0 Å². The molecule has 1 atom stereocenters. The molecular formula is C40H37N5O6. The summed E-state index contributed by atoms with van der Waals surface area (Å²) < 4.78 is 6.05. The van der Waals surface area contributed by atoms with Gasteiger partial charge in [-0.15, -0.1) is 0 Å². The molecule has 11 nitrogen and oxygen atoms in total. The van der Waals surface area contributed by atoms with Gasteiger partial charge in [-0.1, -0.05) is 84.9 Å². The number of ether oxygens (including phenoxy) is 1. The Morgan fingerprint density at radius 1 is 0.824 bits per heavy atom. The fraction of sp³-hybridized carbons (Fsp3) is 0.225. The predicted octanol–water partition coefficient (Wildman–Crippen LogP) is 5.57. The second-order valence-electron chi connectivity index (χ2n) is 12.9. The van der Waals surface area contributed by atoms with Crippen LogP contribution >= 0.6 is 0 Å². The van der Waals surface area contributed by atoms with Crippen LogP contribution in [0, 0.1) is 10.1 Å². The lowest BCUT2D eigenvalue weighted by atomic mass is 10.0. The van der Waals surface area contributed by atoms with E-state index >= 15 is 0 Å². The molecule has 2 heterocycles. The summed E-state index contributed by atoms with van der Waals surface area (Å²) in [6.45, 7) is 2.92. The van der Waals surface area contributed by atoms with Crippen LogP contribution in [0.2, 0.25) is 0 Å².